The van der Waals surface area contributed by atoms with Gasteiger partial charge in [-0.25, -0.2) is 0 Å². The molecule has 22 heavy (non-hydrogen) atoms. The van der Waals surface area contributed by atoms with Gasteiger partial charge >= 0.3 is 0 Å². The van der Waals surface area contributed by atoms with Crippen LogP contribution in [0.1, 0.15) is 65.2 Å². The zero-order chi connectivity index (χ0) is 15.7. The van der Waals surface area contributed by atoms with Crippen LogP contribution in [0.15, 0.2) is 10.6 Å². The van der Waals surface area contributed by atoms with Gasteiger partial charge in [0.05, 0.1) is 11.1 Å². The lowest BCUT2D eigenvalue weighted by molar-refractivity contribution is -0.118. The van der Waals surface area contributed by atoms with Crippen LogP contribution in [0.25, 0.3) is 0 Å². The van der Waals surface area contributed by atoms with E-state index in [-0.39, 0.29) is 22.7 Å². The first-order valence-corrected chi connectivity index (χ1v) is 9.36. The number of aliphatic hydroxyl groups is 1. The number of carbonyl (C=O) groups excluding carboxylic acids is 1. The molecule has 4 rings (SSSR count). The zero-order valence-corrected chi connectivity index (χ0v) is 14.5. The van der Waals surface area contributed by atoms with Crippen LogP contribution >= 0.6 is 11.6 Å². The maximum Gasteiger partial charge on any atom is 0.174 e. The molecule has 6 atom stereocenters. The van der Waals surface area contributed by atoms with Crippen LogP contribution in [0.4, 0.5) is 0 Å². The van der Waals surface area contributed by atoms with Crippen LogP contribution in [0, 0.1) is 28.6 Å². The molecule has 1 N–H and O–H groups in total. The average molecular weight is 323 g/mol. The molecule has 0 heterocycles. The van der Waals surface area contributed by atoms with Crippen molar-refractivity contribution >= 4 is 17.4 Å². The van der Waals surface area contributed by atoms with E-state index in [1.807, 2.05) is 0 Å². The minimum atomic E-state index is -0.111. The highest BCUT2D eigenvalue weighted by atomic mass is 35.5. The molecule has 0 aromatic rings. The Balaban J connectivity index is 1.72. The second-order valence-electron chi connectivity index (χ2n) is 8.69. The fourth-order valence-electron chi connectivity index (χ4n) is 6.62. The summed E-state index contributed by atoms with van der Waals surface area (Å²) in [4.78, 5) is 12.0. The van der Waals surface area contributed by atoms with Gasteiger partial charge in [0.25, 0.3) is 0 Å². The third-order valence-corrected chi connectivity index (χ3v) is 8.44. The number of hydrogen-bond acceptors (Lipinski definition) is 2. The Morgan fingerprint density at radius 1 is 1.05 bits per heavy atom. The van der Waals surface area contributed by atoms with Gasteiger partial charge in [0.1, 0.15) is 0 Å². The monoisotopic (exact) mass is 322 g/mol. The van der Waals surface area contributed by atoms with E-state index in [2.05, 4.69) is 13.8 Å². The van der Waals surface area contributed by atoms with Gasteiger partial charge in [-0.1, -0.05) is 25.4 Å². The minimum Gasteiger partial charge on any atom is -0.393 e. The van der Waals surface area contributed by atoms with Crippen LogP contribution in [0.3, 0.4) is 0 Å². The molecule has 0 aromatic carbocycles. The molecule has 0 spiro atoms. The fraction of sp³-hybridized carbons (Fsp3) is 0.842. The number of aliphatic hydroxyl groups excluding tert-OH is 1. The number of halogens is 1. The van der Waals surface area contributed by atoms with Gasteiger partial charge in [-0.2, -0.15) is 0 Å². The third kappa shape index (κ3) is 1.80. The second-order valence-corrected chi connectivity index (χ2v) is 9.06. The van der Waals surface area contributed by atoms with Gasteiger partial charge in [-0.15, -0.1) is 0 Å². The van der Waals surface area contributed by atoms with Crippen molar-refractivity contribution in [3.05, 3.63) is 10.6 Å². The number of Topliss-reactive ketones (excluding diaryl/α,β-unsaturated/α-hetero) is 1. The highest BCUT2D eigenvalue weighted by Gasteiger charge is 2.59. The first-order valence-electron chi connectivity index (χ1n) is 8.98. The summed E-state index contributed by atoms with van der Waals surface area (Å²) in [6, 6.07) is 0. The molecule has 3 saturated carbocycles. The van der Waals surface area contributed by atoms with E-state index in [9.17, 15) is 9.90 Å². The Bertz CT molecular complexity index is 554. The van der Waals surface area contributed by atoms with E-state index in [0.29, 0.717) is 29.2 Å². The van der Waals surface area contributed by atoms with Crippen LogP contribution in [-0.4, -0.2) is 17.0 Å². The van der Waals surface area contributed by atoms with Gasteiger partial charge in [-0.05, 0) is 79.1 Å². The summed E-state index contributed by atoms with van der Waals surface area (Å²) in [7, 11) is 0. The molecule has 0 unspecified atom stereocenters. The van der Waals surface area contributed by atoms with E-state index in [0.717, 1.165) is 32.1 Å². The molecule has 0 aliphatic heterocycles. The molecular weight excluding hydrogens is 296 g/mol. The number of fused-ring (bicyclic) bond motifs is 5. The van der Waals surface area contributed by atoms with Crippen molar-refractivity contribution < 1.29 is 9.90 Å². The Labute approximate surface area is 138 Å². The fourth-order valence-corrected chi connectivity index (χ4v) is 7.03. The third-order valence-electron chi connectivity index (χ3n) is 8.00. The SMILES string of the molecule is C[C@@]12CC[C@@H]3[C@H](CCC4=C(Cl)C(=O)CC[C@@]43C)[C@H]1CC[C@H]2O. The first kappa shape index (κ1) is 15.2. The number of rotatable bonds is 0. The van der Waals surface area contributed by atoms with E-state index < -0.39 is 0 Å². The maximum atomic E-state index is 12.0. The molecule has 0 radical (unpaired) electrons. The summed E-state index contributed by atoms with van der Waals surface area (Å²) in [5, 5.41) is 11.0. The van der Waals surface area contributed by atoms with Crippen molar-refractivity contribution in [2.24, 2.45) is 28.6 Å². The number of carbonyl (C=O) groups is 1. The Morgan fingerprint density at radius 3 is 2.59 bits per heavy atom. The van der Waals surface area contributed by atoms with Crippen molar-refractivity contribution in [3.8, 4) is 0 Å². The molecule has 0 amide bonds. The lowest BCUT2D eigenvalue weighted by atomic mass is 9.47. The highest BCUT2D eigenvalue weighted by Crippen LogP contribution is 2.65. The number of ketones is 1. The lowest BCUT2D eigenvalue weighted by Gasteiger charge is -2.57. The van der Waals surface area contributed by atoms with Gasteiger partial charge in [0.15, 0.2) is 5.78 Å². The highest BCUT2D eigenvalue weighted by molar-refractivity contribution is 6.43. The molecule has 0 saturated heterocycles. The molecule has 3 fully saturated rings. The minimum absolute atomic E-state index is 0.111. The van der Waals surface area contributed by atoms with Crippen molar-refractivity contribution in [2.45, 2.75) is 71.3 Å². The molecule has 0 aromatic heterocycles. The van der Waals surface area contributed by atoms with E-state index in [4.69, 9.17) is 11.6 Å². The van der Waals surface area contributed by atoms with E-state index in [1.54, 1.807) is 0 Å². The summed E-state index contributed by atoms with van der Waals surface area (Å²) in [5.41, 5.74) is 1.52. The summed E-state index contributed by atoms with van der Waals surface area (Å²) in [5.74, 6) is 2.18. The van der Waals surface area contributed by atoms with Gasteiger partial charge in [0.2, 0.25) is 0 Å². The number of allylic oxidation sites excluding steroid dienone is 1. The van der Waals surface area contributed by atoms with Gasteiger partial charge in [0, 0.05) is 6.42 Å². The Hall–Kier alpha value is -0.340. The van der Waals surface area contributed by atoms with Crippen LogP contribution in [-0.2, 0) is 4.79 Å². The van der Waals surface area contributed by atoms with Crippen molar-refractivity contribution in [3.63, 3.8) is 0 Å². The Morgan fingerprint density at radius 2 is 1.82 bits per heavy atom. The zero-order valence-electron chi connectivity index (χ0n) is 13.7. The van der Waals surface area contributed by atoms with E-state index >= 15 is 0 Å². The smallest absolute Gasteiger partial charge is 0.174 e. The van der Waals surface area contributed by atoms with Gasteiger partial charge < -0.3 is 5.11 Å². The molecule has 122 valence electrons. The maximum absolute atomic E-state index is 12.0. The van der Waals surface area contributed by atoms with Crippen molar-refractivity contribution in [2.75, 3.05) is 0 Å². The van der Waals surface area contributed by atoms with Crippen LogP contribution < -0.4 is 0 Å². The standard InChI is InChI=1S/C19H27ClO2/c1-18-10-8-15(21)17(20)14(18)4-3-11-12-5-6-16(22)19(12,2)9-7-13(11)18/h11-13,16,22H,3-10H2,1-2H3/t11-,12-,13-,16-,18-,19-/m1/s1. The predicted molar refractivity (Wildman–Crippen MR) is 87.5 cm³/mol. The molecular formula is C19H27ClO2. The van der Waals surface area contributed by atoms with E-state index in [1.165, 1.54) is 18.4 Å². The summed E-state index contributed by atoms with van der Waals surface area (Å²) < 4.78 is 0. The van der Waals surface area contributed by atoms with Crippen molar-refractivity contribution in [1.82, 2.24) is 0 Å². The van der Waals surface area contributed by atoms with Crippen molar-refractivity contribution in [1.29, 1.82) is 0 Å². The average Bonchev–Trinajstić information content (AvgIpc) is 2.79. The van der Waals surface area contributed by atoms with Crippen LogP contribution in [0.5, 0.6) is 0 Å². The normalized spacial score (nSPS) is 51.4. The topological polar surface area (TPSA) is 37.3 Å². The quantitative estimate of drug-likeness (QED) is 0.715. The molecule has 3 heteroatoms. The number of hydrogen-bond donors (Lipinski definition) is 1. The van der Waals surface area contributed by atoms with Gasteiger partial charge in [-0.3, -0.25) is 4.79 Å². The summed E-state index contributed by atoms with van der Waals surface area (Å²) in [6.07, 6.45) is 8.11. The first-order chi connectivity index (χ1) is 10.4. The molecule has 4 aliphatic carbocycles. The predicted octanol–water partition coefficient (Wildman–Crippen LogP) is 4.45. The van der Waals surface area contributed by atoms with Crippen LogP contribution in [0.2, 0.25) is 0 Å². The summed E-state index contributed by atoms with van der Waals surface area (Å²) in [6.45, 7) is 4.68. The Kier molecular flexibility index (Phi) is 3.34. The molecule has 2 nitrogen and oxygen atoms in total. The second kappa shape index (κ2) is 4.83. The molecule has 4 aliphatic rings. The largest absolute Gasteiger partial charge is 0.393 e. The molecule has 0 bridgehead atoms. The summed E-state index contributed by atoms with van der Waals surface area (Å²) >= 11 is 6.41. The lowest BCUT2D eigenvalue weighted by Crippen LogP contribution is -2.51.